The van der Waals surface area contributed by atoms with E-state index >= 15 is 0 Å². The van der Waals surface area contributed by atoms with Crippen LogP contribution in [0.15, 0.2) is 47.0 Å². The van der Waals surface area contributed by atoms with Crippen molar-refractivity contribution in [2.45, 2.75) is 45.4 Å². The average Bonchev–Trinajstić information content (AvgIpc) is 3.19. The van der Waals surface area contributed by atoms with Gasteiger partial charge in [0.15, 0.2) is 0 Å². The molecule has 4 rings (SSSR count). The van der Waals surface area contributed by atoms with E-state index in [-0.39, 0.29) is 5.91 Å². The van der Waals surface area contributed by atoms with Crippen molar-refractivity contribution in [3.05, 3.63) is 65.2 Å². The molecule has 1 amide bonds. The van der Waals surface area contributed by atoms with Gasteiger partial charge < -0.3 is 14.2 Å². The standard InChI is InChI=1S/C25H29N3O3/c1-4-23-25(17(2)27-31-23)22-10-6-9-21(26-22)19-11-13-28(14-12-19)24(29)16-18-7-5-8-20(15-18)30-3/h5-10,15,19H,4,11-14,16H2,1-3H3. The zero-order valence-corrected chi connectivity index (χ0v) is 18.4. The maximum atomic E-state index is 12.8. The van der Waals surface area contributed by atoms with Crippen LogP contribution in [0.1, 0.15) is 48.4 Å². The summed E-state index contributed by atoms with van der Waals surface area (Å²) in [6, 6.07) is 13.9. The highest BCUT2D eigenvalue weighted by Gasteiger charge is 2.25. The second-order valence-electron chi connectivity index (χ2n) is 8.05. The predicted octanol–water partition coefficient (Wildman–Crippen LogP) is 4.56. The Morgan fingerprint density at radius 2 is 1.97 bits per heavy atom. The first-order valence-electron chi connectivity index (χ1n) is 10.9. The van der Waals surface area contributed by atoms with Crippen LogP contribution in [0.2, 0.25) is 0 Å². The molecule has 2 aromatic heterocycles. The topological polar surface area (TPSA) is 68.5 Å². The lowest BCUT2D eigenvalue weighted by Gasteiger charge is -2.32. The first kappa shape index (κ1) is 21.1. The maximum Gasteiger partial charge on any atom is 0.226 e. The quantitative estimate of drug-likeness (QED) is 0.586. The van der Waals surface area contributed by atoms with Crippen molar-refractivity contribution in [1.29, 1.82) is 0 Å². The number of rotatable bonds is 6. The van der Waals surface area contributed by atoms with Crippen molar-refractivity contribution < 1.29 is 14.1 Å². The summed E-state index contributed by atoms with van der Waals surface area (Å²) in [6.07, 6.45) is 3.03. The number of hydrogen-bond donors (Lipinski definition) is 0. The third-order valence-electron chi connectivity index (χ3n) is 6.04. The third-order valence-corrected chi connectivity index (χ3v) is 6.04. The zero-order chi connectivity index (χ0) is 21.8. The third kappa shape index (κ3) is 4.63. The SMILES string of the molecule is CCc1onc(C)c1-c1cccc(C2CCN(C(=O)Cc3cccc(OC)c3)CC2)n1. The van der Waals surface area contributed by atoms with E-state index in [0.717, 1.165) is 72.1 Å². The minimum atomic E-state index is 0.168. The molecule has 1 saturated heterocycles. The molecule has 0 aliphatic carbocycles. The molecular formula is C25H29N3O3. The van der Waals surface area contributed by atoms with Crippen LogP contribution in [-0.4, -0.2) is 41.1 Å². The highest BCUT2D eigenvalue weighted by molar-refractivity contribution is 5.79. The number of benzene rings is 1. The van der Waals surface area contributed by atoms with E-state index in [1.54, 1.807) is 7.11 Å². The smallest absolute Gasteiger partial charge is 0.226 e. The Labute approximate surface area is 183 Å². The largest absolute Gasteiger partial charge is 0.497 e. The number of carbonyl (C=O) groups excluding carboxylic acids is 1. The van der Waals surface area contributed by atoms with Gasteiger partial charge in [-0.05, 0) is 49.6 Å². The summed E-state index contributed by atoms with van der Waals surface area (Å²) >= 11 is 0. The zero-order valence-electron chi connectivity index (χ0n) is 18.4. The Balaban J connectivity index is 1.41. The lowest BCUT2D eigenvalue weighted by Crippen LogP contribution is -2.38. The van der Waals surface area contributed by atoms with Gasteiger partial charge in [-0.25, -0.2) is 0 Å². The molecule has 0 N–H and O–H groups in total. The molecule has 3 heterocycles. The maximum absolute atomic E-state index is 12.8. The van der Waals surface area contributed by atoms with Crippen molar-refractivity contribution in [3.63, 3.8) is 0 Å². The summed E-state index contributed by atoms with van der Waals surface area (Å²) in [4.78, 5) is 19.7. The van der Waals surface area contributed by atoms with E-state index < -0.39 is 0 Å². The van der Waals surface area contributed by atoms with Crippen LogP contribution in [0.3, 0.4) is 0 Å². The molecule has 3 aromatic rings. The van der Waals surface area contributed by atoms with Crippen LogP contribution in [-0.2, 0) is 17.6 Å². The molecule has 6 nitrogen and oxygen atoms in total. The Morgan fingerprint density at radius 1 is 1.19 bits per heavy atom. The van der Waals surface area contributed by atoms with E-state index in [1.165, 1.54) is 0 Å². The Hall–Kier alpha value is -3.15. The molecule has 0 saturated carbocycles. The average molecular weight is 420 g/mol. The number of piperidine rings is 1. The van der Waals surface area contributed by atoms with Gasteiger partial charge in [-0.15, -0.1) is 0 Å². The van der Waals surface area contributed by atoms with Gasteiger partial charge in [-0.2, -0.15) is 0 Å². The van der Waals surface area contributed by atoms with Crippen LogP contribution in [0.5, 0.6) is 5.75 Å². The molecule has 6 heteroatoms. The van der Waals surface area contributed by atoms with E-state index in [2.05, 4.69) is 24.2 Å². The molecule has 1 aliphatic rings. The molecule has 1 fully saturated rings. The van der Waals surface area contributed by atoms with Crippen LogP contribution < -0.4 is 4.74 Å². The number of likely N-dealkylation sites (tertiary alicyclic amines) is 1. The highest BCUT2D eigenvalue weighted by atomic mass is 16.5. The predicted molar refractivity (Wildman–Crippen MR) is 119 cm³/mol. The van der Waals surface area contributed by atoms with Crippen molar-refractivity contribution in [2.75, 3.05) is 20.2 Å². The van der Waals surface area contributed by atoms with Crippen LogP contribution in [0, 0.1) is 6.92 Å². The summed E-state index contributed by atoms with van der Waals surface area (Å²) in [7, 11) is 1.64. The number of aromatic nitrogens is 2. The van der Waals surface area contributed by atoms with Gasteiger partial charge in [-0.3, -0.25) is 9.78 Å². The molecule has 0 radical (unpaired) electrons. The van der Waals surface area contributed by atoms with Gasteiger partial charge in [0.25, 0.3) is 0 Å². The molecule has 31 heavy (non-hydrogen) atoms. The Morgan fingerprint density at radius 3 is 2.71 bits per heavy atom. The monoisotopic (exact) mass is 419 g/mol. The second-order valence-corrected chi connectivity index (χ2v) is 8.05. The number of carbonyl (C=O) groups is 1. The van der Waals surface area contributed by atoms with Gasteiger partial charge in [-0.1, -0.05) is 30.3 Å². The molecule has 0 spiro atoms. The molecule has 0 bridgehead atoms. The van der Waals surface area contributed by atoms with Crippen molar-refractivity contribution >= 4 is 5.91 Å². The Bertz CT molecular complexity index is 1050. The van der Waals surface area contributed by atoms with E-state index in [9.17, 15) is 4.79 Å². The first-order valence-corrected chi connectivity index (χ1v) is 10.9. The molecule has 0 unspecified atom stereocenters. The molecular weight excluding hydrogens is 390 g/mol. The summed E-state index contributed by atoms with van der Waals surface area (Å²) in [5, 5.41) is 4.11. The van der Waals surface area contributed by atoms with Crippen LogP contribution >= 0.6 is 0 Å². The van der Waals surface area contributed by atoms with E-state index in [4.69, 9.17) is 14.2 Å². The molecule has 1 aliphatic heterocycles. The highest BCUT2D eigenvalue weighted by Crippen LogP contribution is 2.31. The lowest BCUT2D eigenvalue weighted by molar-refractivity contribution is -0.131. The lowest BCUT2D eigenvalue weighted by atomic mass is 9.92. The van der Waals surface area contributed by atoms with Crippen LogP contribution in [0.25, 0.3) is 11.3 Å². The fourth-order valence-corrected chi connectivity index (χ4v) is 4.30. The summed E-state index contributed by atoms with van der Waals surface area (Å²) < 4.78 is 10.7. The number of aryl methyl sites for hydroxylation is 2. The van der Waals surface area contributed by atoms with Gasteiger partial charge in [0.05, 0.1) is 30.5 Å². The van der Waals surface area contributed by atoms with Crippen molar-refractivity contribution in [3.8, 4) is 17.0 Å². The fourth-order valence-electron chi connectivity index (χ4n) is 4.30. The molecule has 162 valence electrons. The molecule has 0 atom stereocenters. The Kier molecular flexibility index (Phi) is 6.35. The van der Waals surface area contributed by atoms with Gasteiger partial charge in [0, 0.05) is 31.1 Å². The number of nitrogens with zero attached hydrogens (tertiary/aromatic N) is 3. The number of pyridine rings is 1. The minimum Gasteiger partial charge on any atom is -0.497 e. The minimum absolute atomic E-state index is 0.168. The fraction of sp³-hybridized carbons (Fsp3) is 0.400. The van der Waals surface area contributed by atoms with Gasteiger partial charge in [0.2, 0.25) is 5.91 Å². The van der Waals surface area contributed by atoms with E-state index in [1.807, 2.05) is 42.2 Å². The second kappa shape index (κ2) is 9.33. The first-order chi connectivity index (χ1) is 15.1. The summed E-state index contributed by atoms with van der Waals surface area (Å²) in [5.74, 6) is 2.18. The van der Waals surface area contributed by atoms with Gasteiger partial charge >= 0.3 is 0 Å². The summed E-state index contributed by atoms with van der Waals surface area (Å²) in [6.45, 7) is 5.53. The van der Waals surface area contributed by atoms with Crippen molar-refractivity contribution in [2.24, 2.45) is 0 Å². The number of methoxy groups -OCH3 is 1. The van der Waals surface area contributed by atoms with Crippen molar-refractivity contribution in [1.82, 2.24) is 15.0 Å². The van der Waals surface area contributed by atoms with E-state index in [0.29, 0.717) is 12.3 Å². The van der Waals surface area contributed by atoms with Gasteiger partial charge in [0.1, 0.15) is 11.5 Å². The normalized spacial score (nSPS) is 14.6. The van der Waals surface area contributed by atoms with Crippen LogP contribution in [0.4, 0.5) is 0 Å². The number of hydrogen-bond acceptors (Lipinski definition) is 5. The number of amides is 1. The number of ether oxygens (including phenoxy) is 1. The molecule has 1 aromatic carbocycles. The summed E-state index contributed by atoms with van der Waals surface area (Å²) in [5.41, 5.74) is 4.87.